The van der Waals surface area contributed by atoms with E-state index in [1.807, 2.05) is 72.8 Å². The summed E-state index contributed by atoms with van der Waals surface area (Å²) in [5, 5.41) is 1.01. The van der Waals surface area contributed by atoms with Crippen LogP contribution in [0, 0.1) is 0 Å². The number of carbonyl (C=O) groups is 2. The summed E-state index contributed by atoms with van der Waals surface area (Å²) in [4.78, 5) is 26.3. The lowest BCUT2D eigenvalue weighted by Gasteiger charge is -2.36. The predicted molar refractivity (Wildman–Crippen MR) is 166 cm³/mol. The zero-order chi connectivity index (χ0) is 30.3. The molecule has 0 saturated carbocycles. The van der Waals surface area contributed by atoms with Gasteiger partial charge < -0.3 is 20.9 Å². The molecule has 4 aromatic carbocycles. The van der Waals surface area contributed by atoms with Gasteiger partial charge in [-0.25, -0.2) is 9.59 Å². The summed E-state index contributed by atoms with van der Waals surface area (Å²) in [6.45, 7) is 3.43. The number of esters is 2. The van der Waals surface area contributed by atoms with Crippen LogP contribution in [0.2, 0.25) is 10.0 Å². The largest absolute Gasteiger partial charge is 0.449 e. The Kier molecular flexibility index (Phi) is 9.86. The Morgan fingerprint density at radius 1 is 0.619 bits per heavy atom. The zero-order valence-electron chi connectivity index (χ0n) is 23.2. The zero-order valence-corrected chi connectivity index (χ0v) is 24.8. The summed E-state index contributed by atoms with van der Waals surface area (Å²) < 4.78 is 11.9. The van der Waals surface area contributed by atoms with Gasteiger partial charge in [0.05, 0.1) is 12.1 Å². The monoisotopic (exact) mass is 602 g/mol. The summed E-state index contributed by atoms with van der Waals surface area (Å²) in [5.74, 6) is -1.56. The topological polar surface area (TPSA) is 105 Å². The minimum Gasteiger partial charge on any atom is -0.449 e. The van der Waals surface area contributed by atoms with Crippen molar-refractivity contribution in [3.05, 3.63) is 154 Å². The van der Waals surface area contributed by atoms with E-state index in [4.69, 9.17) is 44.1 Å². The predicted octanol–water partition coefficient (Wildman–Crippen LogP) is 7.17. The van der Waals surface area contributed by atoms with Crippen LogP contribution in [-0.2, 0) is 30.3 Å². The van der Waals surface area contributed by atoms with E-state index >= 15 is 0 Å². The molecule has 0 aromatic heterocycles. The molecule has 216 valence electrons. The van der Waals surface area contributed by atoms with E-state index in [0.717, 1.165) is 12.2 Å². The Hall–Kier alpha value is -3.94. The molecule has 0 amide bonds. The van der Waals surface area contributed by atoms with Crippen LogP contribution in [0.15, 0.2) is 121 Å². The molecule has 4 aromatic rings. The highest BCUT2D eigenvalue weighted by Gasteiger charge is 2.40. The molecule has 0 saturated heterocycles. The number of nitrogens with two attached hydrogens (primary N) is 2. The Morgan fingerprint density at radius 2 is 0.976 bits per heavy atom. The number of rotatable bonds is 10. The maximum Gasteiger partial charge on any atom is 0.331 e. The summed E-state index contributed by atoms with van der Waals surface area (Å²) in [6, 6.07) is 30.8. The first kappa shape index (κ1) is 31.0. The van der Waals surface area contributed by atoms with Gasteiger partial charge in [0, 0.05) is 22.2 Å². The van der Waals surface area contributed by atoms with E-state index in [2.05, 4.69) is 0 Å². The molecule has 4 rings (SSSR count). The normalized spacial score (nSPS) is 15.7. The van der Waals surface area contributed by atoms with Gasteiger partial charge in [0.1, 0.15) is 0 Å². The van der Waals surface area contributed by atoms with Crippen LogP contribution in [0.5, 0.6) is 0 Å². The molecule has 4 atom stereocenters. The molecule has 0 bridgehead atoms. The van der Waals surface area contributed by atoms with Gasteiger partial charge in [-0.2, -0.15) is 0 Å². The fourth-order valence-electron chi connectivity index (χ4n) is 4.80. The quantitative estimate of drug-likeness (QED) is 0.147. The summed E-state index contributed by atoms with van der Waals surface area (Å²) >= 11 is 12.4. The molecule has 0 aliphatic rings. The van der Waals surface area contributed by atoms with Crippen molar-refractivity contribution in [1.82, 2.24) is 0 Å². The third kappa shape index (κ3) is 7.09. The average Bonchev–Trinajstić information content (AvgIpc) is 3.00. The molecule has 4 unspecified atom stereocenters. The van der Waals surface area contributed by atoms with E-state index in [1.165, 1.54) is 0 Å². The van der Waals surface area contributed by atoms with Crippen molar-refractivity contribution in [2.24, 2.45) is 11.5 Å². The van der Waals surface area contributed by atoms with Crippen molar-refractivity contribution in [3.8, 4) is 0 Å². The maximum absolute atomic E-state index is 13.1. The third-order valence-corrected chi connectivity index (χ3v) is 7.75. The molecule has 0 radical (unpaired) electrons. The second-order valence-corrected chi connectivity index (χ2v) is 11.1. The van der Waals surface area contributed by atoms with Crippen LogP contribution in [0.25, 0.3) is 0 Å². The van der Waals surface area contributed by atoms with Crippen LogP contribution in [0.4, 0.5) is 0 Å². The molecule has 6 nitrogen and oxygen atoms in total. The Labute approximate surface area is 255 Å². The van der Waals surface area contributed by atoms with Crippen LogP contribution in [0.3, 0.4) is 0 Å². The fraction of sp³-hybridized carbons (Fsp3) is 0.176. The van der Waals surface area contributed by atoms with Crippen molar-refractivity contribution < 1.29 is 19.1 Å². The van der Waals surface area contributed by atoms with Crippen molar-refractivity contribution >= 4 is 35.1 Å². The fourth-order valence-corrected chi connectivity index (χ4v) is 5.20. The maximum atomic E-state index is 13.1. The number of benzene rings is 4. The summed E-state index contributed by atoms with van der Waals surface area (Å²) in [7, 11) is 0. The minimum absolute atomic E-state index is 0.504. The van der Waals surface area contributed by atoms with Gasteiger partial charge in [-0.1, -0.05) is 108 Å². The first-order chi connectivity index (χ1) is 20.0. The van der Waals surface area contributed by atoms with Crippen molar-refractivity contribution in [2.75, 3.05) is 0 Å². The smallest absolute Gasteiger partial charge is 0.331 e. The second-order valence-electron chi connectivity index (χ2n) is 10.2. The van der Waals surface area contributed by atoms with E-state index < -0.39 is 35.2 Å². The highest BCUT2D eigenvalue weighted by molar-refractivity contribution is 6.30. The number of carbonyl (C=O) groups excluding carboxylic acids is 2. The Bertz CT molecular complexity index is 1450. The van der Waals surface area contributed by atoms with Gasteiger partial charge in [0.2, 0.25) is 0 Å². The number of halogens is 2. The summed E-state index contributed by atoms with van der Waals surface area (Å²) in [5.41, 5.74) is 13.4. The van der Waals surface area contributed by atoms with Crippen LogP contribution < -0.4 is 11.5 Å². The van der Waals surface area contributed by atoms with Gasteiger partial charge in [0.25, 0.3) is 0 Å². The number of ether oxygens (including phenoxy) is 2. The third-order valence-electron chi connectivity index (χ3n) is 7.28. The molecule has 8 heteroatoms. The van der Waals surface area contributed by atoms with Gasteiger partial charge in [-0.15, -0.1) is 0 Å². The molecule has 0 spiro atoms. The average molecular weight is 604 g/mol. The van der Waals surface area contributed by atoms with Crippen molar-refractivity contribution in [1.29, 1.82) is 0 Å². The standard InChI is InChI=1S/C34H32Cl2N2O4/c1-33(25-13-5-3-6-14-25,31(37)23-11-9-17-27(35)21-23)41-29(39)19-20-30(40)42-34(2,26-15-7-4-8-16-26)32(38)24-12-10-18-28(36)22-24/h3-22,31-32H,37-38H2,1-2H3/b20-19-. The highest BCUT2D eigenvalue weighted by Crippen LogP contribution is 2.39. The minimum atomic E-state index is -1.29. The Balaban J connectivity index is 1.58. The SMILES string of the molecule is CC(OC(=O)/C=C\C(=O)OC(C)(c1ccccc1)C(N)c1cccc(Cl)c1)(c1ccccc1)C(N)c1cccc(Cl)c1. The molecule has 0 heterocycles. The number of hydrogen-bond acceptors (Lipinski definition) is 6. The van der Waals surface area contributed by atoms with Gasteiger partial charge >= 0.3 is 11.9 Å². The van der Waals surface area contributed by atoms with E-state index in [-0.39, 0.29) is 0 Å². The molecule has 0 aliphatic carbocycles. The first-order valence-corrected chi connectivity index (χ1v) is 14.1. The van der Waals surface area contributed by atoms with Crippen LogP contribution in [-0.4, -0.2) is 11.9 Å². The van der Waals surface area contributed by atoms with Crippen LogP contribution in [0.1, 0.15) is 48.2 Å². The van der Waals surface area contributed by atoms with E-state index in [1.54, 1.807) is 50.2 Å². The molecular weight excluding hydrogens is 571 g/mol. The lowest BCUT2D eigenvalue weighted by atomic mass is 9.84. The lowest BCUT2D eigenvalue weighted by molar-refractivity contribution is -0.158. The second kappa shape index (κ2) is 13.4. The van der Waals surface area contributed by atoms with E-state index in [9.17, 15) is 9.59 Å². The lowest BCUT2D eigenvalue weighted by Crippen LogP contribution is -2.40. The Morgan fingerprint density at radius 3 is 1.31 bits per heavy atom. The number of hydrogen-bond donors (Lipinski definition) is 2. The van der Waals surface area contributed by atoms with Crippen LogP contribution >= 0.6 is 23.2 Å². The highest BCUT2D eigenvalue weighted by atomic mass is 35.5. The van der Waals surface area contributed by atoms with Crippen molar-refractivity contribution in [3.63, 3.8) is 0 Å². The molecular formula is C34H32Cl2N2O4. The van der Waals surface area contributed by atoms with E-state index in [0.29, 0.717) is 32.3 Å². The first-order valence-electron chi connectivity index (χ1n) is 13.3. The molecule has 42 heavy (non-hydrogen) atoms. The van der Waals surface area contributed by atoms with Gasteiger partial charge in [-0.05, 0) is 60.4 Å². The van der Waals surface area contributed by atoms with Gasteiger partial charge in [0.15, 0.2) is 11.2 Å². The molecule has 4 N–H and O–H groups in total. The van der Waals surface area contributed by atoms with Crippen molar-refractivity contribution in [2.45, 2.75) is 37.1 Å². The van der Waals surface area contributed by atoms with Gasteiger partial charge in [-0.3, -0.25) is 0 Å². The summed E-state index contributed by atoms with van der Waals surface area (Å²) in [6.07, 6.45) is 2.04. The molecule has 0 fully saturated rings. The molecule has 0 aliphatic heterocycles.